The number of piperazine rings is 1. The second kappa shape index (κ2) is 12.4. The van der Waals surface area contributed by atoms with Crippen LogP contribution >= 0.6 is 0 Å². The minimum absolute atomic E-state index is 0.101. The number of aryl methyl sites for hydroxylation is 1. The molecule has 8 heteroatoms. The van der Waals surface area contributed by atoms with Crippen molar-refractivity contribution in [3.8, 4) is 0 Å². The van der Waals surface area contributed by atoms with Gasteiger partial charge in [-0.15, -0.1) is 0 Å². The number of hydrogen-bond acceptors (Lipinski definition) is 5. The summed E-state index contributed by atoms with van der Waals surface area (Å²) in [6, 6.07) is 7.87. The van der Waals surface area contributed by atoms with Crippen LogP contribution in [0.15, 0.2) is 30.3 Å². The lowest BCUT2D eigenvalue weighted by Crippen LogP contribution is -2.58. The first-order valence-corrected chi connectivity index (χ1v) is 11.1. The number of carbonyl (C=O) groups excluding carboxylic acids is 3. The highest BCUT2D eigenvalue weighted by atomic mass is 16.3. The first-order chi connectivity index (χ1) is 14.8. The molecule has 3 amide bonds. The molecular formula is C23H36N4O4. The second-order valence-electron chi connectivity index (χ2n) is 8.31. The highest BCUT2D eigenvalue weighted by Crippen LogP contribution is 2.12. The van der Waals surface area contributed by atoms with Gasteiger partial charge in [-0.2, -0.15) is 0 Å². The van der Waals surface area contributed by atoms with Gasteiger partial charge in [0.2, 0.25) is 5.91 Å². The zero-order valence-electron chi connectivity index (χ0n) is 18.8. The van der Waals surface area contributed by atoms with Crippen molar-refractivity contribution in [1.82, 2.24) is 20.4 Å². The molecule has 1 fully saturated rings. The van der Waals surface area contributed by atoms with Crippen LogP contribution < -0.4 is 10.6 Å². The molecule has 1 aromatic carbocycles. The van der Waals surface area contributed by atoms with Gasteiger partial charge in [0.05, 0.1) is 6.04 Å². The van der Waals surface area contributed by atoms with Crippen LogP contribution in [0.2, 0.25) is 0 Å². The number of benzene rings is 1. The molecule has 1 aliphatic rings. The van der Waals surface area contributed by atoms with Crippen molar-refractivity contribution in [2.75, 3.05) is 39.8 Å². The highest BCUT2D eigenvalue weighted by Gasteiger charge is 2.31. The molecule has 8 nitrogen and oxygen atoms in total. The van der Waals surface area contributed by atoms with Gasteiger partial charge in [0.15, 0.2) is 5.78 Å². The van der Waals surface area contributed by atoms with Crippen molar-refractivity contribution in [3.05, 3.63) is 35.9 Å². The number of ketones is 1. The van der Waals surface area contributed by atoms with Crippen molar-refractivity contribution >= 4 is 17.7 Å². The minimum Gasteiger partial charge on any atom is -0.389 e. The summed E-state index contributed by atoms with van der Waals surface area (Å²) >= 11 is 0. The number of aliphatic hydroxyl groups is 1. The second-order valence-corrected chi connectivity index (χ2v) is 8.31. The van der Waals surface area contributed by atoms with Crippen molar-refractivity contribution < 1.29 is 19.5 Å². The highest BCUT2D eigenvalue weighted by molar-refractivity contribution is 5.93. The number of nitrogens with one attached hydrogen (secondary N) is 2. The molecule has 31 heavy (non-hydrogen) atoms. The first kappa shape index (κ1) is 24.8. The lowest BCUT2D eigenvalue weighted by atomic mass is 9.96. The van der Waals surface area contributed by atoms with Gasteiger partial charge < -0.3 is 25.5 Å². The van der Waals surface area contributed by atoms with E-state index in [1.165, 1.54) is 0 Å². The van der Waals surface area contributed by atoms with Gasteiger partial charge in [0, 0.05) is 26.2 Å². The van der Waals surface area contributed by atoms with Crippen molar-refractivity contribution in [2.45, 2.75) is 45.2 Å². The van der Waals surface area contributed by atoms with E-state index in [2.05, 4.69) is 15.5 Å². The van der Waals surface area contributed by atoms with Crippen molar-refractivity contribution in [1.29, 1.82) is 0 Å². The Morgan fingerprint density at radius 2 is 1.71 bits per heavy atom. The minimum atomic E-state index is -0.801. The summed E-state index contributed by atoms with van der Waals surface area (Å²) in [5.41, 5.74) is 1.05. The van der Waals surface area contributed by atoms with Crippen LogP contribution in [0.5, 0.6) is 0 Å². The maximum atomic E-state index is 13.1. The smallest absolute Gasteiger partial charge is 0.318 e. The van der Waals surface area contributed by atoms with E-state index >= 15 is 0 Å². The Balaban J connectivity index is 2.03. The summed E-state index contributed by atoms with van der Waals surface area (Å²) in [5.74, 6) is -0.926. The van der Waals surface area contributed by atoms with E-state index in [-0.39, 0.29) is 11.9 Å². The number of Topliss-reactive ketones (excluding diaryl/α,β-unsaturated/α-hetero) is 1. The first-order valence-electron chi connectivity index (χ1n) is 11.1. The standard InChI is InChI=1S/C23H36N4O4/c1-4-17(2)21(25-23(31)27-14-12-26(3)13-15-27)22(30)24-19(20(29)16-28)11-10-18-8-6-5-7-9-18/h5-9,17,19,21,28H,4,10-16H2,1-3H3,(H,24,30)(H,25,31)/t17?,19-,21-/m0/s1. The Bertz CT molecular complexity index is 720. The number of carbonyl (C=O) groups is 3. The Kier molecular flexibility index (Phi) is 9.94. The van der Waals surface area contributed by atoms with Crippen LogP contribution in [0.3, 0.4) is 0 Å². The maximum Gasteiger partial charge on any atom is 0.318 e. The van der Waals surface area contributed by atoms with E-state index in [4.69, 9.17) is 0 Å². The lowest BCUT2D eigenvalue weighted by Gasteiger charge is -2.34. The molecule has 3 atom stereocenters. The van der Waals surface area contributed by atoms with Crippen LogP contribution in [-0.4, -0.2) is 84.5 Å². The number of aliphatic hydroxyl groups excluding tert-OH is 1. The summed E-state index contributed by atoms with van der Waals surface area (Å²) in [6.45, 7) is 6.03. The number of urea groups is 1. The quantitative estimate of drug-likeness (QED) is 0.513. The van der Waals surface area contributed by atoms with Gasteiger partial charge >= 0.3 is 6.03 Å². The zero-order chi connectivity index (χ0) is 22.8. The number of hydrogen-bond donors (Lipinski definition) is 3. The third kappa shape index (κ3) is 7.63. The third-order valence-corrected chi connectivity index (χ3v) is 5.99. The predicted molar refractivity (Wildman–Crippen MR) is 120 cm³/mol. The van der Waals surface area contributed by atoms with Gasteiger partial charge in [-0.25, -0.2) is 4.79 Å². The number of rotatable bonds is 10. The Labute approximate surface area is 185 Å². The summed E-state index contributed by atoms with van der Waals surface area (Å²) in [7, 11) is 2.01. The zero-order valence-corrected chi connectivity index (χ0v) is 18.8. The molecule has 0 radical (unpaired) electrons. The summed E-state index contributed by atoms with van der Waals surface area (Å²) in [4.78, 5) is 41.9. The fraction of sp³-hybridized carbons (Fsp3) is 0.609. The number of nitrogens with zero attached hydrogens (tertiary/aromatic N) is 2. The summed E-state index contributed by atoms with van der Waals surface area (Å²) in [6.07, 6.45) is 1.68. The van der Waals surface area contributed by atoms with Crippen LogP contribution in [0.25, 0.3) is 0 Å². The average molecular weight is 433 g/mol. The molecule has 0 saturated carbocycles. The molecule has 172 valence electrons. The Hall–Kier alpha value is -2.45. The van der Waals surface area contributed by atoms with E-state index < -0.39 is 30.4 Å². The van der Waals surface area contributed by atoms with Crippen LogP contribution in [0.1, 0.15) is 32.3 Å². The van der Waals surface area contributed by atoms with E-state index in [1.54, 1.807) is 4.90 Å². The van der Waals surface area contributed by atoms with Crippen molar-refractivity contribution in [3.63, 3.8) is 0 Å². The molecule has 0 aliphatic carbocycles. The molecule has 0 bridgehead atoms. The molecule has 1 saturated heterocycles. The van der Waals surface area contributed by atoms with Gasteiger partial charge in [0.1, 0.15) is 12.6 Å². The Morgan fingerprint density at radius 3 is 2.29 bits per heavy atom. The maximum absolute atomic E-state index is 13.1. The van der Waals surface area contributed by atoms with E-state index in [9.17, 15) is 19.5 Å². The third-order valence-electron chi connectivity index (χ3n) is 5.99. The monoisotopic (exact) mass is 432 g/mol. The Morgan fingerprint density at radius 1 is 1.06 bits per heavy atom. The molecule has 1 aromatic rings. The fourth-order valence-corrected chi connectivity index (χ4v) is 3.58. The van der Waals surface area contributed by atoms with Crippen molar-refractivity contribution in [2.24, 2.45) is 5.92 Å². The molecular weight excluding hydrogens is 396 g/mol. The molecule has 1 unspecified atom stereocenters. The van der Waals surface area contributed by atoms with Gasteiger partial charge in [-0.1, -0.05) is 50.6 Å². The van der Waals surface area contributed by atoms with E-state index in [1.807, 2.05) is 51.2 Å². The SMILES string of the molecule is CCC(C)[C@H](NC(=O)N1CCN(C)CC1)C(=O)N[C@@H](CCc1ccccc1)C(=O)CO. The lowest BCUT2D eigenvalue weighted by molar-refractivity contribution is -0.131. The van der Waals surface area contributed by atoms with Crippen LogP contribution in [-0.2, 0) is 16.0 Å². The fourth-order valence-electron chi connectivity index (χ4n) is 3.58. The van der Waals surface area contributed by atoms with E-state index in [0.717, 1.165) is 18.7 Å². The molecule has 0 aromatic heterocycles. The largest absolute Gasteiger partial charge is 0.389 e. The van der Waals surface area contributed by atoms with Crippen LogP contribution in [0, 0.1) is 5.92 Å². The van der Waals surface area contributed by atoms with E-state index in [0.29, 0.717) is 32.4 Å². The number of likely N-dealkylation sites (N-methyl/N-ethyl adjacent to an activating group) is 1. The normalized spacial score (nSPS) is 17.5. The summed E-state index contributed by atoms with van der Waals surface area (Å²) < 4.78 is 0. The molecule has 1 heterocycles. The molecule has 1 aliphatic heterocycles. The number of amides is 3. The average Bonchev–Trinajstić information content (AvgIpc) is 2.79. The van der Waals surface area contributed by atoms with Gasteiger partial charge in [-0.05, 0) is 31.4 Å². The topological polar surface area (TPSA) is 102 Å². The van der Waals surface area contributed by atoms with Crippen LogP contribution in [0.4, 0.5) is 4.79 Å². The molecule has 2 rings (SSSR count). The van der Waals surface area contributed by atoms with Gasteiger partial charge in [-0.3, -0.25) is 9.59 Å². The van der Waals surface area contributed by atoms with Gasteiger partial charge in [0.25, 0.3) is 0 Å². The molecule has 3 N–H and O–H groups in total. The molecule has 0 spiro atoms. The summed E-state index contributed by atoms with van der Waals surface area (Å²) in [5, 5.41) is 15.0. The predicted octanol–water partition coefficient (Wildman–Crippen LogP) is 1.04.